The molecular weight excluding hydrogens is 422 g/mol. The van der Waals surface area contributed by atoms with Crippen LogP contribution in [0.5, 0.6) is 11.5 Å². The third-order valence-corrected chi connectivity index (χ3v) is 5.82. The van der Waals surface area contributed by atoms with Crippen molar-refractivity contribution in [2.45, 2.75) is 18.4 Å². The number of carboxylic acid groups (broad SMARTS) is 1. The number of anilines is 1. The lowest BCUT2D eigenvalue weighted by atomic mass is 9.90. The maximum absolute atomic E-state index is 13.1. The molecule has 3 aromatic rings. The van der Waals surface area contributed by atoms with Crippen molar-refractivity contribution in [3.8, 4) is 11.5 Å². The number of amides is 1. The number of carbonyl (C=O) groups is 2. The number of para-hydroxylation sites is 1. The summed E-state index contributed by atoms with van der Waals surface area (Å²) in [5, 5.41) is 16.5. The third-order valence-electron chi connectivity index (χ3n) is 4.87. The zero-order valence-corrected chi connectivity index (χ0v) is 17.6. The van der Waals surface area contributed by atoms with Gasteiger partial charge < -0.3 is 19.4 Å². The highest BCUT2D eigenvalue weighted by Gasteiger charge is 2.49. The van der Waals surface area contributed by atoms with Crippen molar-refractivity contribution in [2.75, 3.05) is 19.5 Å². The average Bonchev–Trinajstić information content (AvgIpc) is 3.37. The van der Waals surface area contributed by atoms with Gasteiger partial charge in [0, 0.05) is 18.1 Å². The van der Waals surface area contributed by atoms with E-state index < -0.39 is 23.9 Å². The topological polar surface area (TPSA) is 119 Å². The number of hydrogen-bond acceptors (Lipinski definition) is 8. The summed E-state index contributed by atoms with van der Waals surface area (Å²) in [6.07, 6.45) is -0.603. The number of thiazole rings is 1. The number of aliphatic carboxylic acids is 1. The van der Waals surface area contributed by atoms with E-state index in [4.69, 9.17) is 14.3 Å². The van der Waals surface area contributed by atoms with E-state index in [0.717, 1.165) is 10.2 Å². The number of carboxylic acids is 1. The number of nitrogens with one attached hydrogen (secondary N) is 1. The molecule has 1 amide bonds. The molecule has 0 saturated heterocycles. The summed E-state index contributed by atoms with van der Waals surface area (Å²) in [4.78, 5) is 34.5. The van der Waals surface area contributed by atoms with Gasteiger partial charge in [0.2, 0.25) is 5.60 Å². The largest absolute Gasteiger partial charge is 0.497 e. The van der Waals surface area contributed by atoms with Gasteiger partial charge in [0.1, 0.15) is 11.5 Å². The van der Waals surface area contributed by atoms with Crippen LogP contribution in [0.2, 0.25) is 0 Å². The maximum Gasteiger partial charge on any atom is 0.308 e. The molecule has 4 rings (SSSR count). The number of rotatable bonds is 7. The molecule has 31 heavy (non-hydrogen) atoms. The summed E-state index contributed by atoms with van der Waals surface area (Å²) in [6, 6.07) is 12.6. The van der Waals surface area contributed by atoms with Gasteiger partial charge in [-0.15, -0.1) is 0 Å². The Morgan fingerprint density at radius 1 is 1.23 bits per heavy atom. The smallest absolute Gasteiger partial charge is 0.308 e. The second kappa shape index (κ2) is 8.23. The van der Waals surface area contributed by atoms with Crippen LogP contribution in [0.25, 0.3) is 10.2 Å². The predicted molar refractivity (Wildman–Crippen MR) is 115 cm³/mol. The van der Waals surface area contributed by atoms with E-state index in [2.05, 4.69) is 15.5 Å². The molecular formula is C21H19N3O6S. The minimum atomic E-state index is -1.70. The number of aromatic nitrogens is 1. The molecule has 1 aliphatic rings. The molecule has 10 heteroatoms. The number of nitrogens with zero attached hydrogens (tertiary/aromatic N) is 2. The first-order valence-corrected chi connectivity index (χ1v) is 10.1. The minimum Gasteiger partial charge on any atom is -0.497 e. The van der Waals surface area contributed by atoms with E-state index in [0.29, 0.717) is 27.9 Å². The molecule has 1 aliphatic heterocycles. The quantitative estimate of drug-likeness (QED) is 0.577. The highest BCUT2D eigenvalue weighted by Crippen LogP contribution is 2.36. The highest BCUT2D eigenvalue weighted by molar-refractivity contribution is 7.22. The fourth-order valence-corrected chi connectivity index (χ4v) is 4.20. The van der Waals surface area contributed by atoms with Gasteiger partial charge in [0.25, 0.3) is 5.91 Å². The Morgan fingerprint density at radius 2 is 2.03 bits per heavy atom. The van der Waals surface area contributed by atoms with E-state index in [1.807, 2.05) is 24.3 Å². The highest BCUT2D eigenvalue weighted by atomic mass is 32.1. The van der Waals surface area contributed by atoms with Gasteiger partial charge in [-0.3, -0.25) is 14.9 Å². The van der Waals surface area contributed by atoms with Gasteiger partial charge in [-0.1, -0.05) is 28.6 Å². The van der Waals surface area contributed by atoms with Gasteiger partial charge >= 0.3 is 5.97 Å². The number of fused-ring (bicyclic) bond motifs is 1. The van der Waals surface area contributed by atoms with Gasteiger partial charge in [-0.05, 0) is 24.3 Å². The molecule has 2 heterocycles. The average molecular weight is 441 g/mol. The van der Waals surface area contributed by atoms with Gasteiger partial charge in [0.15, 0.2) is 5.13 Å². The van der Waals surface area contributed by atoms with Crippen LogP contribution in [0.1, 0.15) is 18.4 Å². The summed E-state index contributed by atoms with van der Waals surface area (Å²) >= 11 is 1.29. The lowest BCUT2D eigenvalue weighted by molar-refractivity contribution is -0.152. The molecule has 160 valence electrons. The predicted octanol–water partition coefficient (Wildman–Crippen LogP) is 3.29. The zero-order chi connectivity index (χ0) is 22.0. The number of ether oxygens (including phenoxy) is 2. The van der Waals surface area contributed by atoms with E-state index in [1.54, 1.807) is 18.2 Å². The van der Waals surface area contributed by atoms with E-state index in [9.17, 15) is 14.7 Å². The van der Waals surface area contributed by atoms with Crippen molar-refractivity contribution < 1.29 is 29.0 Å². The lowest BCUT2D eigenvalue weighted by Gasteiger charge is -2.23. The first kappa shape index (κ1) is 20.6. The summed E-state index contributed by atoms with van der Waals surface area (Å²) in [5.41, 5.74) is 0.0233. The Kier molecular flexibility index (Phi) is 5.47. The second-order valence-electron chi connectivity index (χ2n) is 6.88. The number of carbonyl (C=O) groups excluding carboxylic acids is 1. The molecule has 0 saturated carbocycles. The molecule has 0 bridgehead atoms. The number of methoxy groups -OCH3 is 2. The summed E-state index contributed by atoms with van der Waals surface area (Å²) < 4.78 is 11.5. The standard InChI is InChI=1S/C21H19N3O6S/c1-28-12-7-8-13(16(9-12)29-2)15-10-21(30-24-15,11-18(25)26)19(27)23-20-22-14-5-3-4-6-17(14)31-20/h3-9H,10-11H2,1-2H3,(H,25,26)(H,22,23,27). The van der Waals surface area contributed by atoms with E-state index in [1.165, 1.54) is 25.6 Å². The van der Waals surface area contributed by atoms with E-state index >= 15 is 0 Å². The van der Waals surface area contributed by atoms with Crippen LogP contribution >= 0.6 is 11.3 Å². The Balaban J connectivity index is 1.60. The molecule has 0 spiro atoms. The van der Waals surface area contributed by atoms with Crippen LogP contribution in [-0.4, -0.2) is 47.5 Å². The summed E-state index contributed by atoms with van der Waals surface area (Å²) in [7, 11) is 3.04. The van der Waals surface area contributed by atoms with E-state index in [-0.39, 0.29) is 6.42 Å². The first-order valence-electron chi connectivity index (χ1n) is 9.30. The van der Waals surface area contributed by atoms with Crippen LogP contribution in [0, 0.1) is 0 Å². The Bertz CT molecular complexity index is 1160. The van der Waals surface area contributed by atoms with Crippen LogP contribution in [-0.2, 0) is 14.4 Å². The Labute approximate surface area is 181 Å². The first-order chi connectivity index (χ1) is 14.9. The molecule has 0 radical (unpaired) electrons. The van der Waals surface area contributed by atoms with Crippen LogP contribution < -0.4 is 14.8 Å². The molecule has 0 aliphatic carbocycles. The van der Waals surface area contributed by atoms with Crippen molar-refractivity contribution in [1.82, 2.24) is 4.98 Å². The second-order valence-corrected chi connectivity index (χ2v) is 7.91. The molecule has 1 unspecified atom stereocenters. The lowest BCUT2D eigenvalue weighted by Crippen LogP contribution is -2.45. The normalized spacial score (nSPS) is 17.7. The van der Waals surface area contributed by atoms with Gasteiger partial charge in [-0.2, -0.15) is 0 Å². The Hall–Kier alpha value is -3.66. The third kappa shape index (κ3) is 4.02. The fourth-order valence-electron chi connectivity index (χ4n) is 3.34. The summed E-state index contributed by atoms with van der Waals surface area (Å²) in [5.74, 6) is -0.748. The molecule has 1 aromatic heterocycles. The van der Waals surface area contributed by atoms with Crippen molar-refractivity contribution >= 4 is 44.3 Å². The van der Waals surface area contributed by atoms with Crippen molar-refractivity contribution in [3.05, 3.63) is 48.0 Å². The molecule has 1 atom stereocenters. The zero-order valence-electron chi connectivity index (χ0n) is 16.7. The minimum absolute atomic E-state index is 0.0429. The number of oxime groups is 1. The van der Waals surface area contributed by atoms with Crippen LogP contribution in [0.3, 0.4) is 0 Å². The van der Waals surface area contributed by atoms with Crippen molar-refractivity contribution in [3.63, 3.8) is 0 Å². The van der Waals surface area contributed by atoms with Crippen LogP contribution in [0.4, 0.5) is 5.13 Å². The van der Waals surface area contributed by atoms with Gasteiger partial charge in [0.05, 0.1) is 36.6 Å². The molecule has 0 fully saturated rings. The SMILES string of the molecule is COc1ccc(C2=NOC(CC(=O)O)(C(=O)Nc3nc4ccccc4s3)C2)c(OC)c1. The Morgan fingerprint density at radius 3 is 2.74 bits per heavy atom. The molecule has 9 nitrogen and oxygen atoms in total. The summed E-state index contributed by atoms with van der Waals surface area (Å²) in [6.45, 7) is 0. The maximum atomic E-state index is 13.1. The van der Waals surface area contributed by atoms with Crippen molar-refractivity contribution in [1.29, 1.82) is 0 Å². The van der Waals surface area contributed by atoms with Gasteiger partial charge in [-0.25, -0.2) is 4.98 Å². The molecule has 2 aromatic carbocycles. The fraction of sp³-hybridized carbons (Fsp3) is 0.238. The number of hydrogen-bond donors (Lipinski definition) is 2. The number of benzene rings is 2. The molecule has 2 N–H and O–H groups in total. The monoisotopic (exact) mass is 441 g/mol. The van der Waals surface area contributed by atoms with Crippen LogP contribution in [0.15, 0.2) is 47.6 Å². The van der Waals surface area contributed by atoms with Crippen molar-refractivity contribution in [2.24, 2.45) is 5.16 Å².